The summed E-state index contributed by atoms with van der Waals surface area (Å²) in [6.07, 6.45) is 6.03. The summed E-state index contributed by atoms with van der Waals surface area (Å²) in [6, 6.07) is 0.127. The van der Waals surface area contributed by atoms with Gasteiger partial charge in [0.05, 0.1) is 0 Å². The zero-order valence-corrected chi connectivity index (χ0v) is 13.3. The maximum Gasteiger partial charge on any atom is 0.282 e. The summed E-state index contributed by atoms with van der Waals surface area (Å²) in [5.74, 6) is 0. The van der Waals surface area contributed by atoms with Gasteiger partial charge in [0.1, 0.15) is 0 Å². The Hall–Kier alpha value is 0.120. The fourth-order valence-electron chi connectivity index (χ4n) is 3.06. The molecule has 2 fully saturated rings. The average molecular weight is 312 g/mol. The van der Waals surface area contributed by atoms with E-state index in [0.717, 1.165) is 38.5 Å². The lowest BCUT2D eigenvalue weighted by Crippen LogP contribution is -2.55. The first-order valence-corrected chi connectivity index (χ1v) is 8.45. The minimum Gasteiger partial charge on any atom is -0.329 e. The van der Waals surface area contributed by atoms with Crippen LogP contribution in [0.4, 0.5) is 0 Å². The molecule has 19 heavy (non-hydrogen) atoms. The molecule has 2 saturated heterocycles. The van der Waals surface area contributed by atoms with E-state index in [0.29, 0.717) is 19.6 Å². The molecule has 0 aromatic heterocycles. The molecule has 2 atom stereocenters. The maximum absolute atomic E-state index is 12.7. The van der Waals surface area contributed by atoms with Gasteiger partial charge in [0, 0.05) is 31.7 Å². The lowest BCUT2D eigenvalue weighted by Gasteiger charge is -2.41. The molecule has 114 valence electrons. The standard InChI is InChI=1S/C12H25N3O2S.ClH/c1-11-6-2-4-8-14(11)18(16,17)15-9-5-3-7-12(15)10-13;/h11-12H,2-10,13H2,1H3;1H. The van der Waals surface area contributed by atoms with Gasteiger partial charge in [-0.2, -0.15) is 17.0 Å². The molecule has 0 aromatic rings. The number of hydrogen-bond donors (Lipinski definition) is 1. The maximum atomic E-state index is 12.7. The van der Waals surface area contributed by atoms with Crippen molar-refractivity contribution in [1.82, 2.24) is 8.61 Å². The summed E-state index contributed by atoms with van der Waals surface area (Å²) in [4.78, 5) is 0. The van der Waals surface area contributed by atoms with E-state index in [4.69, 9.17) is 5.73 Å². The van der Waals surface area contributed by atoms with Gasteiger partial charge >= 0.3 is 0 Å². The molecular formula is C12H26ClN3O2S. The number of nitrogens with zero attached hydrogens (tertiary/aromatic N) is 2. The minimum atomic E-state index is -3.31. The number of rotatable bonds is 3. The lowest BCUT2D eigenvalue weighted by atomic mass is 10.1. The third kappa shape index (κ3) is 3.61. The zero-order valence-electron chi connectivity index (χ0n) is 11.6. The highest BCUT2D eigenvalue weighted by molar-refractivity contribution is 7.86. The van der Waals surface area contributed by atoms with Crippen molar-refractivity contribution in [1.29, 1.82) is 0 Å². The average Bonchev–Trinajstić information content (AvgIpc) is 2.39. The molecule has 2 rings (SSSR count). The van der Waals surface area contributed by atoms with Gasteiger partial charge in [-0.15, -0.1) is 12.4 Å². The highest BCUT2D eigenvalue weighted by atomic mass is 35.5. The minimum absolute atomic E-state index is 0. The molecule has 2 aliphatic heterocycles. The summed E-state index contributed by atoms with van der Waals surface area (Å²) in [5.41, 5.74) is 5.73. The van der Waals surface area contributed by atoms with Crippen LogP contribution in [0.25, 0.3) is 0 Å². The van der Waals surface area contributed by atoms with Crippen molar-refractivity contribution in [3.8, 4) is 0 Å². The fourth-order valence-corrected chi connectivity index (χ4v) is 5.18. The van der Waals surface area contributed by atoms with Crippen LogP contribution in [-0.2, 0) is 10.2 Å². The summed E-state index contributed by atoms with van der Waals surface area (Å²) < 4.78 is 28.8. The van der Waals surface area contributed by atoms with Gasteiger partial charge in [0.15, 0.2) is 0 Å². The van der Waals surface area contributed by atoms with Crippen LogP contribution < -0.4 is 5.73 Å². The van der Waals surface area contributed by atoms with Crippen molar-refractivity contribution in [3.05, 3.63) is 0 Å². The topological polar surface area (TPSA) is 66.6 Å². The third-order valence-electron chi connectivity index (χ3n) is 4.18. The van der Waals surface area contributed by atoms with Crippen molar-refractivity contribution in [2.75, 3.05) is 19.6 Å². The molecule has 0 radical (unpaired) electrons. The molecule has 2 heterocycles. The first kappa shape index (κ1) is 17.2. The van der Waals surface area contributed by atoms with Crippen LogP contribution in [0.5, 0.6) is 0 Å². The van der Waals surface area contributed by atoms with Gasteiger partial charge in [-0.3, -0.25) is 0 Å². The van der Waals surface area contributed by atoms with E-state index < -0.39 is 10.2 Å². The number of nitrogens with two attached hydrogens (primary N) is 1. The van der Waals surface area contributed by atoms with Gasteiger partial charge < -0.3 is 5.73 Å². The number of halogens is 1. The molecule has 0 spiro atoms. The van der Waals surface area contributed by atoms with Gasteiger partial charge in [-0.25, -0.2) is 0 Å². The summed E-state index contributed by atoms with van der Waals surface area (Å²) in [5, 5.41) is 0. The van der Waals surface area contributed by atoms with E-state index >= 15 is 0 Å². The Morgan fingerprint density at radius 2 is 1.63 bits per heavy atom. The second-order valence-corrected chi connectivity index (χ2v) is 7.29. The highest BCUT2D eigenvalue weighted by Crippen LogP contribution is 2.27. The van der Waals surface area contributed by atoms with E-state index in [-0.39, 0.29) is 24.5 Å². The molecule has 2 N–H and O–H groups in total. The number of hydrogen-bond acceptors (Lipinski definition) is 3. The second kappa shape index (κ2) is 7.22. The van der Waals surface area contributed by atoms with Gasteiger partial charge in [-0.1, -0.05) is 12.8 Å². The summed E-state index contributed by atoms with van der Waals surface area (Å²) in [6.45, 7) is 3.74. The summed E-state index contributed by atoms with van der Waals surface area (Å²) >= 11 is 0. The van der Waals surface area contributed by atoms with Crippen molar-refractivity contribution < 1.29 is 8.42 Å². The highest BCUT2D eigenvalue weighted by Gasteiger charge is 2.38. The Kier molecular flexibility index (Phi) is 6.53. The Morgan fingerprint density at radius 1 is 1.05 bits per heavy atom. The molecule has 5 nitrogen and oxygen atoms in total. The quantitative estimate of drug-likeness (QED) is 0.855. The third-order valence-corrected chi connectivity index (χ3v) is 6.39. The van der Waals surface area contributed by atoms with Crippen molar-refractivity contribution in [3.63, 3.8) is 0 Å². The SMILES string of the molecule is CC1CCCCN1S(=O)(=O)N1CCCCC1CN.Cl. The van der Waals surface area contributed by atoms with Crippen LogP contribution in [0.1, 0.15) is 45.4 Å². The Morgan fingerprint density at radius 3 is 2.21 bits per heavy atom. The van der Waals surface area contributed by atoms with E-state index in [1.54, 1.807) is 8.61 Å². The zero-order chi connectivity index (χ0) is 13.2. The van der Waals surface area contributed by atoms with Crippen LogP contribution in [0.15, 0.2) is 0 Å². The number of piperidine rings is 2. The van der Waals surface area contributed by atoms with Gasteiger partial charge in [0.25, 0.3) is 10.2 Å². The fraction of sp³-hybridized carbons (Fsp3) is 1.00. The molecular weight excluding hydrogens is 286 g/mol. The van der Waals surface area contributed by atoms with Crippen molar-refractivity contribution >= 4 is 22.6 Å². The van der Waals surface area contributed by atoms with Crippen molar-refractivity contribution in [2.24, 2.45) is 5.73 Å². The molecule has 0 saturated carbocycles. The first-order valence-electron chi connectivity index (χ1n) is 7.06. The van der Waals surface area contributed by atoms with Crippen LogP contribution in [0.2, 0.25) is 0 Å². The van der Waals surface area contributed by atoms with Crippen molar-refractivity contribution in [2.45, 2.75) is 57.5 Å². The largest absolute Gasteiger partial charge is 0.329 e. The molecule has 0 amide bonds. The van der Waals surface area contributed by atoms with Crippen LogP contribution >= 0.6 is 12.4 Å². The monoisotopic (exact) mass is 311 g/mol. The van der Waals surface area contributed by atoms with E-state index in [1.165, 1.54) is 0 Å². The molecule has 7 heteroatoms. The molecule has 0 aromatic carbocycles. The normalized spacial score (nSPS) is 30.8. The molecule has 2 unspecified atom stereocenters. The Balaban J connectivity index is 0.00000180. The van der Waals surface area contributed by atoms with Gasteiger partial charge in [-0.05, 0) is 32.6 Å². The van der Waals surface area contributed by atoms with Crippen LogP contribution in [0, 0.1) is 0 Å². The van der Waals surface area contributed by atoms with E-state index in [9.17, 15) is 8.42 Å². The van der Waals surface area contributed by atoms with Crippen LogP contribution in [0.3, 0.4) is 0 Å². The molecule has 0 aliphatic carbocycles. The van der Waals surface area contributed by atoms with Gasteiger partial charge in [0.2, 0.25) is 0 Å². The van der Waals surface area contributed by atoms with Crippen LogP contribution in [-0.4, -0.2) is 48.7 Å². The second-order valence-electron chi connectivity index (χ2n) is 5.46. The smallest absolute Gasteiger partial charge is 0.282 e. The first-order chi connectivity index (χ1) is 8.57. The predicted molar refractivity (Wildman–Crippen MR) is 79.6 cm³/mol. The Labute approximate surface area is 123 Å². The predicted octanol–water partition coefficient (Wildman–Crippen LogP) is 1.34. The summed E-state index contributed by atoms with van der Waals surface area (Å²) in [7, 11) is -3.31. The molecule has 0 bridgehead atoms. The lowest BCUT2D eigenvalue weighted by molar-refractivity contribution is 0.205. The van der Waals surface area contributed by atoms with E-state index in [1.807, 2.05) is 6.92 Å². The Bertz CT molecular complexity index is 377. The van der Waals surface area contributed by atoms with E-state index in [2.05, 4.69) is 0 Å². The molecule has 2 aliphatic rings.